The molecule has 0 saturated heterocycles. The molecule has 21 heavy (non-hydrogen) atoms. The van der Waals surface area contributed by atoms with E-state index in [4.69, 9.17) is 4.74 Å². The van der Waals surface area contributed by atoms with Gasteiger partial charge in [-0.2, -0.15) is 0 Å². The van der Waals surface area contributed by atoms with Crippen LogP contribution in [0.4, 0.5) is 14.5 Å². The first kappa shape index (κ1) is 15.8. The third-order valence-corrected chi connectivity index (χ3v) is 3.91. The van der Waals surface area contributed by atoms with E-state index in [1.807, 2.05) is 6.92 Å². The van der Waals surface area contributed by atoms with Crippen molar-refractivity contribution >= 4 is 21.6 Å². The summed E-state index contributed by atoms with van der Waals surface area (Å²) in [5, 5.41) is 3.13. The van der Waals surface area contributed by atoms with Crippen LogP contribution in [0, 0.1) is 18.6 Å². The lowest BCUT2D eigenvalue weighted by molar-refractivity contribution is 0.402. The van der Waals surface area contributed by atoms with E-state index < -0.39 is 0 Å². The van der Waals surface area contributed by atoms with Crippen LogP contribution in [-0.2, 0) is 0 Å². The minimum Gasteiger partial charge on any atom is -0.496 e. The zero-order chi connectivity index (χ0) is 15.6. The van der Waals surface area contributed by atoms with Crippen LogP contribution in [0.1, 0.15) is 24.1 Å². The molecule has 0 aromatic heterocycles. The highest BCUT2D eigenvalue weighted by atomic mass is 79.9. The van der Waals surface area contributed by atoms with Crippen LogP contribution in [0.3, 0.4) is 0 Å². The molecule has 0 bridgehead atoms. The minimum atomic E-state index is -0.365. The van der Waals surface area contributed by atoms with Crippen LogP contribution < -0.4 is 10.1 Å². The van der Waals surface area contributed by atoms with E-state index in [9.17, 15) is 8.78 Å². The standard InChI is InChI=1S/C16H16BrF2NO/c1-9-7-11(17)13(19)8-14(9)20-10(2)16-12(18)5-4-6-15(16)21-3/h4-8,10,20H,1-3H3. The second kappa shape index (κ2) is 6.43. The molecule has 0 fully saturated rings. The Bertz CT molecular complexity index is 661. The van der Waals surface area contributed by atoms with E-state index in [1.54, 1.807) is 25.1 Å². The SMILES string of the molecule is COc1cccc(F)c1C(C)Nc1cc(F)c(Br)cc1C. The van der Waals surface area contributed by atoms with Gasteiger partial charge in [-0.3, -0.25) is 0 Å². The predicted octanol–water partition coefficient (Wildman–Crippen LogP) is 5.22. The topological polar surface area (TPSA) is 21.3 Å². The zero-order valence-corrected chi connectivity index (χ0v) is 13.6. The van der Waals surface area contributed by atoms with Crippen LogP contribution in [0.2, 0.25) is 0 Å². The van der Waals surface area contributed by atoms with Gasteiger partial charge in [0.25, 0.3) is 0 Å². The molecule has 1 unspecified atom stereocenters. The number of ether oxygens (including phenoxy) is 1. The molecule has 0 radical (unpaired) electrons. The van der Waals surface area contributed by atoms with Gasteiger partial charge in [0.15, 0.2) is 0 Å². The Kier molecular flexibility index (Phi) is 4.83. The van der Waals surface area contributed by atoms with Crippen molar-refractivity contribution in [3.8, 4) is 5.75 Å². The summed E-state index contributed by atoms with van der Waals surface area (Å²) in [6.45, 7) is 3.66. The van der Waals surface area contributed by atoms with Crippen molar-refractivity contribution in [2.75, 3.05) is 12.4 Å². The molecule has 0 aliphatic heterocycles. The monoisotopic (exact) mass is 355 g/mol. The molecule has 0 saturated carbocycles. The fourth-order valence-corrected chi connectivity index (χ4v) is 2.68. The van der Waals surface area contributed by atoms with Crippen molar-refractivity contribution in [2.24, 2.45) is 0 Å². The van der Waals surface area contributed by atoms with Crippen LogP contribution >= 0.6 is 15.9 Å². The highest BCUT2D eigenvalue weighted by molar-refractivity contribution is 9.10. The summed E-state index contributed by atoms with van der Waals surface area (Å²) in [6.07, 6.45) is 0. The molecule has 2 aromatic carbocycles. The summed E-state index contributed by atoms with van der Waals surface area (Å²) < 4.78 is 33.3. The van der Waals surface area contributed by atoms with E-state index in [-0.39, 0.29) is 17.7 Å². The minimum absolute atomic E-state index is 0.357. The zero-order valence-electron chi connectivity index (χ0n) is 12.0. The van der Waals surface area contributed by atoms with Gasteiger partial charge < -0.3 is 10.1 Å². The smallest absolute Gasteiger partial charge is 0.139 e. The molecule has 0 aliphatic rings. The van der Waals surface area contributed by atoms with Gasteiger partial charge in [-0.15, -0.1) is 0 Å². The first-order chi connectivity index (χ1) is 9.93. The molecule has 2 rings (SSSR count). The molecule has 112 valence electrons. The summed E-state index contributed by atoms with van der Waals surface area (Å²) >= 11 is 3.14. The van der Waals surface area contributed by atoms with Crippen molar-refractivity contribution in [1.82, 2.24) is 0 Å². The van der Waals surface area contributed by atoms with Gasteiger partial charge in [0.2, 0.25) is 0 Å². The number of halogens is 3. The molecule has 0 aliphatic carbocycles. The normalized spacial score (nSPS) is 12.1. The maximum Gasteiger partial charge on any atom is 0.139 e. The van der Waals surface area contributed by atoms with Gasteiger partial charge in [0.05, 0.1) is 23.2 Å². The summed E-state index contributed by atoms with van der Waals surface area (Å²) in [6, 6.07) is 7.39. The Morgan fingerprint density at radius 2 is 1.90 bits per heavy atom. The fraction of sp³-hybridized carbons (Fsp3) is 0.250. The van der Waals surface area contributed by atoms with Crippen LogP contribution in [0.25, 0.3) is 0 Å². The number of methoxy groups -OCH3 is 1. The van der Waals surface area contributed by atoms with Gasteiger partial charge >= 0.3 is 0 Å². The number of benzene rings is 2. The molecule has 0 spiro atoms. The first-order valence-electron chi connectivity index (χ1n) is 6.48. The quantitative estimate of drug-likeness (QED) is 0.811. The molecule has 2 nitrogen and oxygen atoms in total. The summed E-state index contributed by atoms with van der Waals surface area (Å²) in [4.78, 5) is 0. The Morgan fingerprint density at radius 3 is 2.57 bits per heavy atom. The van der Waals surface area contributed by atoms with E-state index in [0.29, 0.717) is 21.5 Å². The number of hydrogen-bond donors (Lipinski definition) is 1. The number of nitrogens with one attached hydrogen (secondary N) is 1. The molecule has 0 heterocycles. The average molecular weight is 356 g/mol. The number of anilines is 1. The van der Waals surface area contributed by atoms with Crippen LogP contribution in [0.15, 0.2) is 34.8 Å². The highest BCUT2D eigenvalue weighted by Crippen LogP contribution is 2.32. The Labute approximate surface area is 131 Å². The van der Waals surface area contributed by atoms with Gasteiger partial charge in [-0.1, -0.05) is 6.07 Å². The maximum absolute atomic E-state index is 14.0. The molecule has 1 atom stereocenters. The van der Waals surface area contributed by atoms with Gasteiger partial charge in [0.1, 0.15) is 17.4 Å². The average Bonchev–Trinajstić information content (AvgIpc) is 2.44. The second-order valence-electron chi connectivity index (χ2n) is 4.80. The Hall–Kier alpha value is -1.62. The van der Waals surface area contributed by atoms with E-state index in [1.165, 1.54) is 19.2 Å². The summed E-state index contributed by atoms with van der Waals surface area (Å²) in [7, 11) is 1.50. The molecule has 2 aromatic rings. The van der Waals surface area contributed by atoms with Crippen molar-refractivity contribution in [3.05, 3.63) is 57.6 Å². The van der Waals surface area contributed by atoms with Crippen molar-refractivity contribution in [3.63, 3.8) is 0 Å². The maximum atomic E-state index is 14.0. The van der Waals surface area contributed by atoms with Gasteiger partial charge in [-0.05, 0) is 59.6 Å². The Balaban J connectivity index is 2.35. The largest absolute Gasteiger partial charge is 0.496 e. The van der Waals surface area contributed by atoms with E-state index in [2.05, 4.69) is 21.2 Å². The first-order valence-corrected chi connectivity index (χ1v) is 7.28. The van der Waals surface area contributed by atoms with Crippen LogP contribution in [-0.4, -0.2) is 7.11 Å². The molecule has 1 N–H and O–H groups in total. The molecular formula is C16H16BrF2NO. The third-order valence-electron chi connectivity index (χ3n) is 3.31. The lowest BCUT2D eigenvalue weighted by Crippen LogP contribution is -2.11. The Morgan fingerprint density at radius 1 is 1.19 bits per heavy atom. The molecule has 0 amide bonds. The van der Waals surface area contributed by atoms with Crippen molar-refractivity contribution < 1.29 is 13.5 Å². The van der Waals surface area contributed by atoms with Crippen molar-refractivity contribution in [1.29, 1.82) is 0 Å². The summed E-state index contributed by atoms with van der Waals surface area (Å²) in [5.74, 6) is -0.259. The highest BCUT2D eigenvalue weighted by Gasteiger charge is 2.17. The van der Waals surface area contributed by atoms with Crippen molar-refractivity contribution in [2.45, 2.75) is 19.9 Å². The van der Waals surface area contributed by atoms with Gasteiger partial charge in [-0.25, -0.2) is 8.78 Å². The molecule has 5 heteroatoms. The third kappa shape index (κ3) is 3.35. The number of rotatable bonds is 4. The second-order valence-corrected chi connectivity index (χ2v) is 5.66. The van der Waals surface area contributed by atoms with E-state index in [0.717, 1.165) is 5.56 Å². The number of hydrogen-bond acceptors (Lipinski definition) is 2. The fourth-order valence-electron chi connectivity index (χ4n) is 2.22. The molecular weight excluding hydrogens is 340 g/mol. The summed E-state index contributed by atoms with van der Waals surface area (Å²) in [5.41, 5.74) is 1.90. The predicted molar refractivity (Wildman–Crippen MR) is 83.8 cm³/mol. The van der Waals surface area contributed by atoms with Crippen LogP contribution in [0.5, 0.6) is 5.75 Å². The van der Waals surface area contributed by atoms with E-state index >= 15 is 0 Å². The van der Waals surface area contributed by atoms with Gasteiger partial charge in [0, 0.05) is 5.69 Å². The number of aryl methyl sites for hydroxylation is 1. The lowest BCUT2D eigenvalue weighted by Gasteiger charge is -2.20. The lowest BCUT2D eigenvalue weighted by atomic mass is 10.1.